The molecule has 15 heavy (non-hydrogen) atoms. The molecule has 0 fully saturated rings. The van der Waals surface area contributed by atoms with Crippen LogP contribution in [0.5, 0.6) is 0 Å². The van der Waals surface area contributed by atoms with E-state index in [1.807, 2.05) is 0 Å². The molecule has 2 nitrogen and oxygen atoms in total. The van der Waals surface area contributed by atoms with E-state index in [0.717, 1.165) is 25.7 Å². The number of nitrogens with one attached hydrogen (secondary N) is 1. The standard InChI is InChI=1S/C13H29NO/c1-6-12(9-8-10-15-7-2)11-14-13(3,4)5/h12,14H,6-11H2,1-5H3. The third-order valence-electron chi connectivity index (χ3n) is 2.60. The maximum atomic E-state index is 5.35. The van der Waals surface area contributed by atoms with Crippen LogP contribution >= 0.6 is 0 Å². The predicted octanol–water partition coefficient (Wildman–Crippen LogP) is 3.22. The molecule has 0 saturated carbocycles. The largest absolute Gasteiger partial charge is 0.382 e. The summed E-state index contributed by atoms with van der Waals surface area (Å²) in [4.78, 5) is 0. The van der Waals surface area contributed by atoms with E-state index in [4.69, 9.17) is 4.74 Å². The van der Waals surface area contributed by atoms with E-state index in [9.17, 15) is 0 Å². The van der Waals surface area contributed by atoms with Crippen LogP contribution in [0.25, 0.3) is 0 Å². The zero-order valence-electron chi connectivity index (χ0n) is 11.2. The highest BCUT2D eigenvalue weighted by Gasteiger charge is 2.12. The highest BCUT2D eigenvalue weighted by atomic mass is 16.5. The van der Waals surface area contributed by atoms with Gasteiger partial charge in [0.15, 0.2) is 0 Å². The molecule has 0 bridgehead atoms. The molecule has 0 amide bonds. The zero-order chi connectivity index (χ0) is 11.7. The molecule has 0 radical (unpaired) electrons. The molecule has 0 aliphatic carbocycles. The summed E-state index contributed by atoms with van der Waals surface area (Å²) in [5, 5.41) is 3.57. The van der Waals surface area contributed by atoms with E-state index >= 15 is 0 Å². The molecule has 0 rings (SSSR count). The van der Waals surface area contributed by atoms with Crippen LogP contribution in [0.1, 0.15) is 53.9 Å². The van der Waals surface area contributed by atoms with Gasteiger partial charge < -0.3 is 10.1 Å². The van der Waals surface area contributed by atoms with Crippen molar-refractivity contribution in [3.8, 4) is 0 Å². The Morgan fingerprint density at radius 3 is 2.33 bits per heavy atom. The molecule has 0 saturated heterocycles. The van der Waals surface area contributed by atoms with E-state index in [0.29, 0.717) is 0 Å². The van der Waals surface area contributed by atoms with Crippen LogP contribution in [0.4, 0.5) is 0 Å². The maximum Gasteiger partial charge on any atom is 0.0466 e. The topological polar surface area (TPSA) is 21.3 Å². The van der Waals surface area contributed by atoms with Gasteiger partial charge in [-0.1, -0.05) is 13.3 Å². The number of hydrogen-bond donors (Lipinski definition) is 1. The summed E-state index contributed by atoms with van der Waals surface area (Å²) >= 11 is 0. The molecule has 1 unspecified atom stereocenters. The van der Waals surface area contributed by atoms with Gasteiger partial charge in [0.05, 0.1) is 0 Å². The third kappa shape index (κ3) is 10.2. The Morgan fingerprint density at radius 1 is 1.20 bits per heavy atom. The average molecular weight is 215 g/mol. The molecule has 92 valence electrons. The van der Waals surface area contributed by atoms with Gasteiger partial charge in [-0.2, -0.15) is 0 Å². The highest BCUT2D eigenvalue weighted by Crippen LogP contribution is 2.11. The van der Waals surface area contributed by atoms with Crippen molar-refractivity contribution in [1.29, 1.82) is 0 Å². The second kappa shape index (κ2) is 8.12. The van der Waals surface area contributed by atoms with Gasteiger partial charge in [0.25, 0.3) is 0 Å². The Hall–Kier alpha value is -0.0800. The average Bonchev–Trinajstić information content (AvgIpc) is 2.15. The lowest BCUT2D eigenvalue weighted by Crippen LogP contribution is -2.39. The molecule has 0 aliphatic rings. The summed E-state index contributed by atoms with van der Waals surface area (Å²) in [6, 6.07) is 0. The summed E-state index contributed by atoms with van der Waals surface area (Å²) in [5.41, 5.74) is 0.243. The van der Waals surface area contributed by atoms with Gasteiger partial charge in [0.1, 0.15) is 0 Å². The first-order chi connectivity index (χ1) is 6.99. The van der Waals surface area contributed by atoms with Crippen LogP contribution in [0.2, 0.25) is 0 Å². The van der Waals surface area contributed by atoms with Crippen molar-refractivity contribution in [1.82, 2.24) is 5.32 Å². The molecule has 1 atom stereocenters. The number of rotatable bonds is 8. The van der Waals surface area contributed by atoms with Gasteiger partial charge in [0, 0.05) is 18.8 Å². The van der Waals surface area contributed by atoms with Gasteiger partial charge in [-0.05, 0) is 53.0 Å². The van der Waals surface area contributed by atoms with Crippen molar-refractivity contribution >= 4 is 0 Å². The van der Waals surface area contributed by atoms with Gasteiger partial charge in [-0.25, -0.2) is 0 Å². The lowest BCUT2D eigenvalue weighted by Gasteiger charge is -2.24. The van der Waals surface area contributed by atoms with Crippen molar-refractivity contribution in [3.05, 3.63) is 0 Å². The summed E-state index contributed by atoms with van der Waals surface area (Å²) in [5.74, 6) is 0.796. The molecule has 2 heteroatoms. The van der Waals surface area contributed by atoms with Crippen LogP contribution in [0, 0.1) is 5.92 Å². The summed E-state index contributed by atoms with van der Waals surface area (Å²) in [6.45, 7) is 13.9. The molecule has 0 aromatic rings. The van der Waals surface area contributed by atoms with Crippen molar-refractivity contribution in [2.24, 2.45) is 5.92 Å². The lowest BCUT2D eigenvalue weighted by molar-refractivity contribution is 0.138. The van der Waals surface area contributed by atoms with Crippen LogP contribution < -0.4 is 5.32 Å². The van der Waals surface area contributed by atoms with Crippen LogP contribution in [-0.2, 0) is 4.74 Å². The van der Waals surface area contributed by atoms with E-state index in [1.165, 1.54) is 19.3 Å². The fourth-order valence-corrected chi connectivity index (χ4v) is 1.52. The van der Waals surface area contributed by atoms with E-state index in [-0.39, 0.29) is 5.54 Å². The Morgan fingerprint density at radius 2 is 1.87 bits per heavy atom. The molecule has 0 aliphatic heterocycles. The first kappa shape index (κ1) is 14.9. The Kier molecular flexibility index (Phi) is 8.07. The predicted molar refractivity (Wildman–Crippen MR) is 67.3 cm³/mol. The Labute approximate surface area is 95.8 Å². The molecule has 0 aromatic carbocycles. The molecule has 0 aromatic heterocycles. The SMILES string of the molecule is CCOCCCC(CC)CNC(C)(C)C. The smallest absolute Gasteiger partial charge is 0.0466 e. The molecule has 0 heterocycles. The minimum Gasteiger partial charge on any atom is -0.382 e. The lowest BCUT2D eigenvalue weighted by atomic mass is 9.98. The first-order valence-corrected chi connectivity index (χ1v) is 6.32. The van der Waals surface area contributed by atoms with E-state index in [2.05, 4.69) is 39.9 Å². The van der Waals surface area contributed by atoms with Crippen LogP contribution in [0.3, 0.4) is 0 Å². The summed E-state index contributed by atoms with van der Waals surface area (Å²) in [7, 11) is 0. The normalized spacial score (nSPS) is 14.2. The third-order valence-corrected chi connectivity index (χ3v) is 2.60. The fourth-order valence-electron chi connectivity index (χ4n) is 1.52. The van der Waals surface area contributed by atoms with Crippen LogP contribution in [-0.4, -0.2) is 25.3 Å². The fraction of sp³-hybridized carbons (Fsp3) is 1.00. The highest BCUT2D eigenvalue weighted by molar-refractivity contribution is 4.72. The molecular weight excluding hydrogens is 186 g/mol. The van der Waals surface area contributed by atoms with Gasteiger partial charge in [-0.15, -0.1) is 0 Å². The number of ether oxygens (including phenoxy) is 1. The molecular formula is C13H29NO. The van der Waals surface area contributed by atoms with Gasteiger partial charge >= 0.3 is 0 Å². The van der Waals surface area contributed by atoms with Crippen LogP contribution in [0.15, 0.2) is 0 Å². The van der Waals surface area contributed by atoms with Gasteiger partial charge in [-0.3, -0.25) is 0 Å². The Balaban J connectivity index is 3.55. The van der Waals surface area contributed by atoms with E-state index < -0.39 is 0 Å². The van der Waals surface area contributed by atoms with E-state index in [1.54, 1.807) is 0 Å². The molecule has 1 N–H and O–H groups in total. The zero-order valence-corrected chi connectivity index (χ0v) is 11.2. The minimum atomic E-state index is 0.243. The van der Waals surface area contributed by atoms with Crippen molar-refractivity contribution in [3.63, 3.8) is 0 Å². The van der Waals surface area contributed by atoms with Crippen molar-refractivity contribution in [2.75, 3.05) is 19.8 Å². The monoisotopic (exact) mass is 215 g/mol. The minimum absolute atomic E-state index is 0.243. The Bertz CT molecular complexity index is 140. The number of hydrogen-bond acceptors (Lipinski definition) is 2. The van der Waals surface area contributed by atoms with Gasteiger partial charge in [0.2, 0.25) is 0 Å². The summed E-state index contributed by atoms with van der Waals surface area (Å²) < 4.78 is 5.35. The van der Waals surface area contributed by atoms with Crippen molar-refractivity contribution in [2.45, 2.75) is 59.4 Å². The van der Waals surface area contributed by atoms with Crippen molar-refractivity contribution < 1.29 is 4.74 Å². The maximum absolute atomic E-state index is 5.35. The second-order valence-electron chi connectivity index (χ2n) is 5.24. The molecule has 0 spiro atoms. The first-order valence-electron chi connectivity index (χ1n) is 6.32. The quantitative estimate of drug-likeness (QED) is 0.628. The summed E-state index contributed by atoms with van der Waals surface area (Å²) in [6.07, 6.45) is 3.73. The second-order valence-corrected chi connectivity index (χ2v) is 5.24.